The zero-order valence-electron chi connectivity index (χ0n) is 15.5. The van der Waals surface area contributed by atoms with Crippen molar-refractivity contribution in [2.24, 2.45) is 5.92 Å². The van der Waals surface area contributed by atoms with Crippen LogP contribution in [0.2, 0.25) is 0 Å². The van der Waals surface area contributed by atoms with E-state index in [-0.39, 0.29) is 12.0 Å². The van der Waals surface area contributed by atoms with Gasteiger partial charge in [-0.1, -0.05) is 13.8 Å². The van der Waals surface area contributed by atoms with Gasteiger partial charge in [-0.05, 0) is 49.7 Å². The topological polar surface area (TPSA) is 64.1 Å². The van der Waals surface area contributed by atoms with Gasteiger partial charge in [-0.15, -0.1) is 11.3 Å². The molecule has 1 N–H and O–H groups in total. The molecule has 0 aliphatic heterocycles. The highest BCUT2D eigenvalue weighted by atomic mass is 32.1. The number of thiazole rings is 1. The van der Waals surface area contributed by atoms with Crippen LogP contribution in [0.4, 0.5) is 0 Å². The molecule has 3 rings (SSSR count). The maximum Gasteiger partial charge on any atom is 0.226 e. The SMILES string of the molecule is CCc1nc(CC(=O)NCc2ccnc(OC3CCC(C)CC3)c2)cs1. The van der Waals surface area contributed by atoms with E-state index < -0.39 is 0 Å². The minimum absolute atomic E-state index is 0.0153. The summed E-state index contributed by atoms with van der Waals surface area (Å²) in [4.78, 5) is 20.9. The van der Waals surface area contributed by atoms with Crippen LogP contribution in [-0.2, 0) is 24.2 Å². The minimum Gasteiger partial charge on any atom is -0.474 e. The molecule has 140 valence electrons. The van der Waals surface area contributed by atoms with Gasteiger partial charge in [-0.25, -0.2) is 9.97 Å². The molecular weight excluding hydrogens is 346 g/mol. The molecule has 0 saturated heterocycles. The van der Waals surface area contributed by atoms with Crippen molar-refractivity contribution < 1.29 is 9.53 Å². The number of aromatic nitrogens is 2. The lowest BCUT2D eigenvalue weighted by atomic mass is 9.89. The molecule has 26 heavy (non-hydrogen) atoms. The predicted octanol–water partition coefficient (Wildman–Crippen LogP) is 3.92. The van der Waals surface area contributed by atoms with E-state index in [2.05, 4.69) is 29.1 Å². The Morgan fingerprint density at radius 1 is 1.35 bits per heavy atom. The van der Waals surface area contributed by atoms with Crippen LogP contribution in [0.3, 0.4) is 0 Å². The number of rotatable bonds is 7. The molecule has 1 fully saturated rings. The first-order valence-corrected chi connectivity index (χ1v) is 10.3. The standard InChI is InChI=1S/C20H27N3O2S/c1-3-20-23-16(13-26-20)11-18(24)22-12-15-8-9-21-19(10-15)25-17-6-4-14(2)5-7-17/h8-10,13-14,17H,3-7,11-12H2,1-2H3,(H,22,24). The first-order chi connectivity index (χ1) is 12.6. The van der Waals surface area contributed by atoms with E-state index in [1.165, 1.54) is 12.8 Å². The average Bonchev–Trinajstić information content (AvgIpc) is 3.10. The summed E-state index contributed by atoms with van der Waals surface area (Å²) in [6, 6.07) is 3.84. The van der Waals surface area contributed by atoms with Gasteiger partial charge in [0.25, 0.3) is 0 Å². The maximum atomic E-state index is 12.1. The van der Waals surface area contributed by atoms with Gasteiger partial charge in [0.15, 0.2) is 0 Å². The van der Waals surface area contributed by atoms with Crippen LogP contribution in [0.1, 0.15) is 55.8 Å². The third-order valence-electron chi connectivity index (χ3n) is 4.78. The molecule has 1 aliphatic carbocycles. The van der Waals surface area contributed by atoms with Crippen molar-refractivity contribution in [3.8, 4) is 5.88 Å². The van der Waals surface area contributed by atoms with Crippen LogP contribution in [0.15, 0.2) is 23.7 Å². The molecule has 2 aromatic heterocycles. The molecule has 0 spiro atoms. The zero-order valence-corrected chi connectivity index (χ0v) is 16.3. The fraction of sp³-hybridized carbons (Fsp3) is 0.550. The quantitative estimate of drug-likeness (QED) is 0.799. The summed E-state index contributed by atoms with van der Waals surface area (Å²) in [7, 11) is 0. The van der Waals surface area contributed by atoms with E-state index in [0.717, 1.165) is 41.4 Å². The van der Waals surface area contributed by atoms with E-state index in [1.54, 1.807) is 17.5 Å². The Balaban J connectivity index is 1.48. The largest absolute Gasteiger partial charge is 0.474 e. The minimum atomic E-state index is -0.0153. The Bertz CT molecular complexity index is 723. The number of amides is 1. The van der Waals surface area contributed by atoms with Crippen molar-refractivity contribution in [3.05, 3.63) is 40.0 Å². The van der Waals surface area contributed by atoms with Crippen LogP contribution >= 0.6 is 11.3 Å². The molecular formula is C20H27N3O2S. The summed E-state index contributed by atoms with van der Waals surface area (Å²) in [5.41, 5.74) is 1.84. The summed E-state index contributed by atoms with van der Waals surface area (Å²) in [5.74, 6) is 1.44. The normalized spacial score (nSPS) is 19.9. The molecule has 0 atom stereocenters. The molecule has 0 radical (unpaired) electrons. The van der Waals surface area contributed by atoms with Gasteiger partial charge >= 0.3 is 0 Å². The van der Waals surface area contributed by atoms with E-state index in [4.69, 9.17) is 4.74 Å². The Kier molecular flexibility index (Phi) is 6.61. The third kappa shape index (κ3) is 5.53. The van der Waals surface area contributed by atoms with Gasteiger partial charge in [0, 0.05) is 24.2 Å². The number of hydrogen-bond donors (Lipinski definition) is 1. The predicted molar refractivity (Wildman–Crippen MR) is 103 cm³/mol. The van der Waals surface area contributed by atoms with Gasteiger partial charge in [0.2, 0.25) is 11.8 Å². The molecule has 1 saturated carbocycles. The second kappa shape index (κ2) is 9.12. The first-order valence-electron chi connectivity index (χ1n) is 9.44. The van der Waals surface area contributed by atoms with Crippen molar-refractivity contribution in [1.82, 2.24) is 15.3 Å². The summed E-state index contributed by atoms with van der Waals surface area (Å²) in [5, 5.41) is 5.98. The molecule has 5 nitrogen and oxygen atoms in total. The van der Waals surface area contributed by atoms with Crippen molar-refractivity contribution in [3.63, 3.8) is 0 Å². The molecule has 0 bridgehead atoms. The van der Waals surface area contributed by atoms with Gasteiger partial charge in [-0.2, -0.15) is 0 Å². The third-order valence-corrected chi connectivity index (χ3v) is 5.82. The summed E-state index contributed by atoms with van der Waals surface area (Å²) >= 11 is 1.61. The lowest BCUT2D eigenvalue weighted by Crippen LogP contribution is -2.25. The molecule has 2 aromatic rings. The van der Waals surface area contributed by atoms with Crippen LogP contribution in [0.25, 0.3) is 0 Å². The smallest absolute Gasteiger partial charge is 0.226 e. The molecule has 1 amide bonds. The lowest BCUT2D eigenvalue weighted by molar-refractivity contribution is -0.120. The lowest BCUT2D eigenvalue weighted by Gasteiger charge is -2.26. The molecule has 6 heteroatoms. The number of carbonyl (C=O) groups is 1. The molecule has 2 heterocycles. The average molecular weight is 374 g/mol. The van der Waals surface area contributed by atoms with Gasteiger partial charge < -0.3 is 10.1 Å². The van der Waals surface area contributed by atoms with Crippen LogP contribution in [0.5, 0.6) is 5.88 Å². The molecule has 1 aliphatic rings. The number of nitrogens with zero attached hydrogens (tertiary/aromatic N) is 2. The van der Waals surface area contributed by atoms with E-state index in [0.29, 0.717) is 18.8 Å². The molecule has 0 aromatic carbocycles. The summed E-state index contributed by atoms with van der Waals surface area (Å²) in [6.07, 6.45) is 7.87. The number of carbonyl (C=O) groups excluding carboxylic acids is 1. The first kappa shape index (κ1) is 18.8. The highest BCUT2D eigenvalue weighted by Crippen LogP contribution is 2.26. The number of hydrogen-bond acceptors (Lipinski definition) is 5. The van der Waals surface area contributed by atoms with Crippen molar-refractivity contribution in [2.45, 2.75) is 65.0 Å². The second-order valence-electron chi connectivity index (χ2n) is 7.04. The summed E-state index contributed by atoms with van der Waals surface area (Å²) < 4.78 is 6.03. The number of aryl methyl sites for hydroxylation is 1. The summed E-state index contributed by atoms with van der Waals surface area (Å²) in [6.45, 7) is 4.84. The van der Waals surface area contributed by atoms with Crippen LogP contribution < -0.4 is 10.1 Å². The Hall–Kier alpha value is -1.95. The van der Waals surface area contributed by atoms with Gasteiger partial charge in [0.1, 0.15) is 6.10 Å². The Labute approximate surface area is 159 Å². The monoisotopic (exact) mass is 373 g/mol. The van der Waals surface area contributed by atoms with E-state index in [1.807, 2.05) is 17.5 Å². The van der Waals surface area contributed by atoms with Gasteiger partial charge in [-0.3, -0.25) is 4.79 Å². The Morgan fingerprint density at radius 2 is 2.15 bits per heavy atom. The van der Waals surface area contributed by atoms with Gasteiger partial charge in [0.05, 0.1) is 17.1 Å². The number of pyridine rings is 1. The van der Waals surface area contributed by atoms with E-state index in [9.17, 15) is 4.79 Å². The van der Waals surface area contributed by atoms with Crippen molar-refractivity contribution >= 4 is 17.2 Å². The maximum absolute atomic E-state index is 12.1. The number of nitrogens with one attached hydrogen (secondary N) is 1. The Morgan fingerprint density at radius 3 is 2.88 bits per heavy atom. The van der Waals surface area contributed by atoms with Crippen molar-refractivity contribution in [1.29, 1.82) is 0 Å². The van der Waals surface area contributed by atoms with Crippen molar-refractivity contribution in [2.75, 3.05) is 0 Å². The zero-order chi connectivity index (χ0) is 18.4. The van der Waals surface area contributed by atoms with E-state index >= 15 is 0 Å². The highest BCUT2D eigenvalue weighted by molar-refractivity contribution is 7.09. The fourth-order valence-electron chi connectivity index (χ4n) is 3.16. The van der Waals surface area contributed by atoms with Crippen LogP contribution in [0, 0.1) is 5.92 Å². The number of ether oxygens (including phenoxy) is 1. The highest BCUT2D eigenvalue weighted by Gasteiger charge is 2.20. The second-order valence-corrected chi connectivity index (χ2v) is 7.98. The van der Waals surface area contributed by atoms with Crippen LogP contribution in [-0.4, -0.2) is 22.0 Å². The molecule has 0 unspecified atom stereocenters. The fourth-order valence-corrected chi connectivity index (χ4v) is 3.91.